The molecule has 0 bridgehead atoms. The Morgan fingerprint density at radius 3 is 2.43 bits per heavy atom. The second-order valence-electron chi connectivity index (χ2n) is 7.55. The van der Waals surface area contributed by atoms with Gasteiger partial charge < -0.3 is 15.4 Å². The maximum Gasteiger partial charge on any atom is 0.241 e. The third kappa shape index (κ3) is 7.53. The monoisotopic (exact) mass is 453 g/mol. The zero-order chi connectivity index (χ0) is 20.5. The number of ether oxygens (including phenoxy) is 1. The maximum atomic E-state index is 12.5. The summed E-state index contributed by atoms with van der Waals surface area (Å²) < 4.78 is 6.46. The van der Waals surface area contributed by atoms with Gasteiger partial charge in [0.2, 0.25) is 11.8 Å². The van der Waals surface area contributed by atoms with Gasteiger partial charge in [-0.2, -0.15) is 0 Å². The molecule has 1 unspecified atom stereocenters. The van der Waals surface area contributed by atoms with Crippen LogP contribution in [0.2, 0.25) is 0 Å². The zero-order valence-electron chi connectivity index (χ0n) is 17.0. The molecule has 0 spiro atoms. The minimum absolute atomic E-state index is 0.0182. The van der Waals surface area contributed by atoms with Crippen LogP contribution in [0.5, 0.6) is 0 Å². The molecule has 1 aromatic carbocycles. The summed E-state index contributed by atoms with van der Waals surface area (Å²) in [6, 6.07) is 7.33. The predicted octanol–water partition coefficient (Wildman–Crippen LogP) is 3.42. The molecule has 7 heteroatoms. The van der Waals surface area contributed by atoms with Crippen molar-refractivity contribution in [3.63, 3.8) is 0 Å². The largest absolute Gasteiger partial charge is 0.379 e. The minimum Gasteiger partial charge on any atom is -0.379 e. The van der Waals surface area contributed by atoms with Crippen LogP contribution in [0.3, 0.4) is 0 Å². The third-order valence-electron chi connectivity index (χ3n) is 5.01. The van der Waals surface area contributed by atoms with Crippen molar-refractivity contribution in [2.24, 2.45) is 5.92 Å². The standard InChI is InChI=1S/C21H32BrN3O3/c1-15(2)28-14-4-11-23-21(27)17-9-12-25(13-10-17)16(3)20(26)24-19-7-5-18(22)6-8-19/h5-8,15-17H,4,9-14H2,1-3H3,(H,23,27)(H,24,26). The molecule has 156 valence electrons. The van der Waals surface area contributed by atoms with Crippen molar-refractivity contribution in [2.45, 2.75) is 52.2 Å². The Kier molecular flexibility index (Phi) is 9.41. The lowest BCUT2D eigenvalue weighted by Gasteiger charge is -2.34. The van der Waals surface area contributed by atoms with Gasteiger partial charge in [0.05, 0.1) is 12.1 Å². The molecule has 2 N–H and O–H groups in total. The van der Waals surface area contributed by atoms with Gasteiger partial charge in [0, 0.05) is 29.2 Å². The number of amides is 2. The van der Waals surface area contributed by atoms with Gasteiger partial charge in [-0.1, -0.05) is 15.9 Å². The number of likely N-dealkylation sites (tertiary alicyclic amines) is 1. The highest BCUT2D eigenvalue weighted by atomic mass is 79.9. The molecule has 0 saturated carbocycles. The Morgan fingerprint density at radius 2 is 1.82 bits per heavy atom. The molecule has 1 aromatic rings. The van der Waals surface area contributed by atoms with Gasteiger partial charge in [-0.3, -0.25) is 14.5 Å². The van der Waals surface area contributed by atoms with Crippen molar-refractivity contribution >= 4 is 33.4 Å². The molecular weight excluding hydrogens is 422 g/mol. The van der Waals surface area contributed by atoms with E-state index in [-0.39, 0.29) is 29.9 Å². The first-order valence-corrected chi connectivity index (χ1v) is 10.9. The normalized spacial score (nSPS) is 16.8. The molecule has 1 atom stereocenters. The second kappa shape index (κ2) is 11.5. The number of carbonyl (C=O) groups is 2. The number of carbonyl (C=O) groups excluding carboxylic acids is 2. The fourth-order valence-corrected chi connectivity index (χ4v) is 3.51. The Balaban J connectivity index is 1.69. The summed E-state index contributed by atoms with van der Waals surface area (Å²) in [5, 5.41) is 5.96. The Bertz CT molecular complexity index is 628. The molecule has 1 saturated heterocycles. The van der Waals surface area contributed by atoms with Crippen LogP contribution in [-0.4, -0.2) is 55.1 Å². The molecule has 2 rings (SSSR count). The summed E-state index contributed by atoms with van der Waals surface area (Å²) in [4.78, 5) is 27.0. The van der Waals surface area contributed by atoms with E-state index < -0.39 is 0 Å². The van der Waals surface area contributed by atoms with Crippen LogP contribution >= 0.6 is 15.9 Å². The molecular formula is C21H32BrN3O3. The van der Waals surface area contributed by atoms with Gasteiger partial charge >= 0.3 is 0 Å². The lowest BCUT2D eigenvalue weighted by atomic mass is 9.95. The van der Waals surface area contributed by atoms with Crippen LogP contribution < -0.4 is 10.6 Å². The van der Waals surface area contributed by atoms with Crippen LogP contribution in [0.15, 0.2) is 28.7 Å². The average molecular weight is 454 g/mol. The summed E-state index contributed by atoms with van der Waals surface area (Å²) in [5.41, 5.74) is 0.788. The van der Waals surface area contributed by atoms with E-state index in [0.717, 1.165) is 42.5 Å². The first-order chi connectivity index (χ1) is 13.4. The topological polar surface area (TPSA) is 70.7 Å². The van der Waals surface area contributed by atoms with Gasteiger partial charge in [0.1, 0.15) is 0 Å². The van der Waals surface area contributed by atoms with Crippen LogP contribution in [0, 0.1) is 5.92 Å². The fourth-order valence-electron chi connectivity index (χ4n) is 3.24. The highest BCUT2D eigenvalue weighted by Gasteiger charge is 2.29. The van der Waals surface area contributed by atoms with Gasteiger partial charge in [-0.05, 0) is 77.4 Å². The number of piperidine rings is 1. The van der Waals surface area contributed by atoms with E-state index in [1.807, 2.05) is 45.0 Å². The molecule has 0 radical (unpaired) electrons. The van der Waals surface area contributed by atoms with E-state index in [1.165, 1.54) is 0 Å². The molecule has 0 aliphatic carbocycles. The van der Waals surface area contributed by atoms with Crippen LogP contribution in [0.4, 0.5) is 5.69 Å². The van der Waals surface area contributed by atoms with Crippen LogP contribution in [-0.2, 0) is 14.3 Å². The Morgan fingerprint density at radius 1 is 1.18 bits per heavy atom. The molecule has 1 aliphatic rings. The number of hydrogen-bond donors (Lipinski definition) is 2. The summed E-state index contributed by atoms with van der Waals surface area (Å²) in [7, 11) is 0. The highest BCUT2D eigenvalue weighted by Crippen LogP contribution is 2.20. The van der Waals surface area contributed by atoms with Gasteiger partial charge in [0.15, 0.2) is 0 Å². The Hall–Kier alpha value is -1.44. The molecule has 1 fully saturated rings. The number of benzene rings is 1. The van der Waals surface area contributed by atoms with Crippen molar-refractivity contribution < 1.29 is 14.3 Å². The lowest BCUT2D eigenvalue weighted by molar-refractivity contribution is -0.127. The molecule has 0 aromatic heterocycles. The van der Waals surface area contributed by atoms with Gasteiger partial charge in [0.25, 0.3) is 0 Å². The molecule has 6 nitrogen and oxygen atoms in total. The van der Waals surface area contributed by atoms with E-state index in [9.17, 15) is 9.59 Å². The molecule has 28 heavy (non-hydrogen) atoms. The first-order valence-electron chi connectivity index (χ1n) is 10.1. The average Bonchev–Trinajstić information content (AvgIpc) is 2.68. The first kappa shape index (κ1) is 22.8. The zero-order valence-corrected chi connectivity index (χ0v) is 18.6. The lowest BCUT2D eigenvalue weighted by Crippen LogP contribution is -2.48. The molecule has 1 aliphatic heterocycles. The number of rotatable bonds is 9. The van der Waals surface area contributed by atoms with E-state index in [1.54, 1.807) is 0 Å². The smallest absolute Gasteiger partial charge is 0.241 e. The van der Waals surface area contributed by atoms with E-state index in [2.05, 4.69) is 31.5 Å². The number of anilines is 1. The fraction of sp³-hybridized carbons (Fsp3) is 0.619. The summed E-state index contributed by atoms with van der Waals surface area (Å²) in [6.45, 7) is 8.76. The molecule has 2 amide bonds. The minimum atomic E-state index is -0.221. The highest BCUT2D eigenvalue weighted by molar-refractivity contribution is 9.10. The van der Waals surface area contributed by atoms with Crippen LogP contribution in [0.25, 0.3) is 0 Å². The van der Waals surface area contributed by atoms with Crippen molar-refractivity contribution in [3.8, 4) is 0 Å². The van der Waals surface area contributed by atoms with Crippen molar-refractivity contribution in [1.82, 2.24) is 10.2 Å². The van der Waals surface area contributed by atoms with Gasteiger partial charge in [-0.15, -0.1) is 0 Å². The number of hydrogen-bond acceptors (Lipinski definition) is 4. The summed E-state index contributed by atoms with van der Waals surface area (Å²) in [5.74, 6) is 0.135. The summed E-state index contributed by atoms with van der Waals surface area (Å²) >= 11 is 3.39. The van der Waals surface area contributed by atoms with E-state index in [4.69, 9.17) is 4.74 Å². The molecule has 1 heterocycles. The quantitative estimate of drug-likeness (QED) is 0.561. The predicted molar refractivity (Wildman–Crippen MR) is 115 cm³/mol. The van der Waals surface area contributed by atoms with Crippen molar-refractivity contribution in [1.29, 1.82) is 0 Å². The van der Waals surface area contributed by atoms with Crippen molar-refractivity contribution in [3.05, 3.63) is 28.7 Å². The number of halogens is 1. The number of nitrogens with zero attached hydrogens (tertiary/aromatic N) is 1. The van der Waals surface area contributed by atoms with E-state index >= 15 is 0 Å². The third-order valence-corrected chi connectivity index (χ3v) is 5.54. The number of nitrogens with one attached hydrogen (secondary N) is 2. The van der Waals surface area contributed by atoms with E-state index in [0.29, 0.717) is 13.2 Å². The summed E-state index contributed by atoms with van der Waals surface area (Å²) in [6.07, 6.45) is 2.62. The van der Waals surface area contributed by atoms with Gasteiger partial charge in [-0.25, -0.2) is 0 Å². The van der Waals surface area contributed by atoms with Crippen molar-refractivity contribution in [2.75, 3.05) is 31.6 Å². The SMILES string of the molecule is CC(C)OCCCNC(=O)C1CCN(C(C)C(=O)Nc2ccc(Br)cc2)CC1. The maximum absolute atomic E-state index is 12.5. The Labute approximate surface area is 176 Å². The second-order valence-corrected chi connectivity index (χ2v) is 8.46. The van der Waals surface area contributed by atoms with Crippen LogP contribution in [0.1, 0.15) is 40.0 Å².